The quantitative estimate of drug-likeness (QED) is 0.725. The summed E-state index contributed by atoms with van der Waals surface area (Å²) in [4.78, 5) is 25.8. The summed E-state index contributed by atoms with van der Waals surface area (Å²) >= 11 is 0. The van der Waals surface area contributed by atoms with Crippen molar-refractivity contribution in [1.29, 1.82) is 0 Å². The number of hydrogen-bond acceptors (Lipinski definition) is 5. The average molecular weight is 278 g/mol. The minimum atomic E-state index is -0.216. The molecule has 1 saturated heterocycles. The number of hydrogen-bond donors (Lipinski definition) is 0. The summed E-state index contributed by atoms with van der Waals surface area (Å²) in [6, 6.07) is 0. The zero-order valence-electron chi connectivity index (χ0n) is 11.5. The molecule has 0 bridgehead atoms. The Morgan fingerprint density at radius 3 is 2.65 bits per heavy atom. The van der Waals surface area contributed by atoms with Gasteiger partial charge in [0.2, 0.25) is 5.82 Å². The maximum atomic E-state index is 12.4. The molecule has 3 rings (SSSR count). The Morgan fingerprint density at radius 2 is 1.95 bits per heavy atom. The number of fused-ring (bicyclic) bond motifs is 1. The van der Waals surface area contributed by atoms with Crippen molar-refractivity contribution in [2.24, 2.45) is 5.92 Å². The summed E-state index contributed by atoms with van der Waals surface area (Å²) in [5.74, 6) is 0.676. The Morgan fingerprint density at radius 1 is 1.20 bits per heavy atom. The molecule has 0 aliphatic carbocycles. The van der Waals surface area contributed by atoms with Gasteiger partial charge in [-0.2, -0.15) is 0 Å². The van der Waals surface area contributed by atoms with E-state index in [1.807, 2.05) is 9.47 Å². The van der Waals surface area contributed by atoms with Crippen LogP contribution in [-0.2, 0) is 22.5 Å². The Hall–Kier alpha value is -1.92. The number of carbonyl (C=O) groups is 2. The van der Waals surface area contributed by atoms with Gasteiger partial charge < -0.3 is 14.2 Å². The number of esters is 1. The number of rotatable bonds is 2. The molecule has 3 heterocycles. The van der Waals surface area contributed by atoms with Crippen LogP contribution >= 0.6 is 0 Å². The molecule has 1 unspecified atom stereocenters. The van der Waals surface area contributed by atoms with Crippen LogP contribution in [0.2, 0.25) is 0 Å². The van der Waals surface area contributed by atoms with Gasteiger partial charge in [-0.15, -0.1) is 10.2 Å². The minimum Gasteiger partial charge on any atom is -0.469 e. The molecular formula is C13H18N4O3. The first kappa shape index (κ1) is 13.1. The Balaban J connectivity index is 1.79. The highest BCUT2D eigenvalue weighted by atomic mass is 16.5. The van der Waals surface area contributed by atoms with Gasteiger partial charge in [0.05, 0.1) is 13.0 Å². The number of carbonyl (C=O) groups excluding carboxylic acids is 2. The highest BCUT2D eigenvalue weighted by molar-refractivity contribution is 5.91. The molecular weight excluding hydrogens is 260 g/mol. The summed E-state index contributed by atoms with van der Waals surface area (Å²) in [7, 11) is 1.39. The monoisotopic (exact) mass is 278 g/mol. The molecule has 7 heteroatoms. The fraction of sp³-hybridized carbons (Fsp3) is 0.692. The van der Waals surface area contributed by atoms with Crippen LogP contribution in [0.3, 0.4) is 0 Å². The number of likely N-dealkylation sites (tertiary alicyclic amines) is 1. The normalized spacial score (nSPS) is 21.6. The molecule has 0 N–H and O–H groups in total. The molecule has 1 atom stereocenters. The molecule has 0 aromatic carbocycles. The molecule has 108 valence electrons. The second-order valence-electron chi connectivity index (χ2n) is 5.30. The van der Waals surface area contributed by atoms with E-state index in [0.29, 0.717) is 31.0 Å². The van der Waals surface area contributed by atoms with Crippen LogP contribution in [0, 0.1) is 5.92 Å². The van der Waals surface area contributed by atoms with Crippen molar-refractivity contribution in [3.05, 3.63) is 11.6 Å². The predicted octanol–water partition coefficient (Wildman–Crippen LogP) is 0.249. The molecule has 2 aliphatic rings. The van der Waals surface area contributed by atoms with Crippen LogP contribution in [-0.4, -0.2) is 51.7 Å². The molecule has 7 nitrogen and oxygen atoms in total. The van der Waals surface area contributed by atoms with E-state index in [0.717, 1.165) is 25.9 Å². The van der Waals surface area contributed by atoms with E-state index in [4.69, 9.17) is 4.74 Å². The molecule has 1 aromatic rings. The van der Waals surface area contributed by atoms with Gasteiger partial charge in [0, 0.05) is 26.1 Å². The van der Waals surface area contributed by atoms with Gasteiger partial charge in [0.15, 0.2) is 0 Å². The smallest absolute Gasteiger partial charge is 0.309 e. The summed E-state index contributed by atoms with van der Waals surface area (Å²) in [5, 5.41) is 8.11. The van der Waals surface area contributed by atoms with Gasteiger partial charge >= 0.3 is 5.97 Å². The van der Waals surface area contributed by atoms with E-state index in [1.165, 1.54) is 7.11 Å². The first-order valence-electron chi connectivity index (χ1n) is 7.00. The maximum Gasteiger partial charge on any atom is 0.309 e. The molecule has 1 aromatic heterocycles. The number of methoxy groups -OCH3 is 1. The fourth-order valence-corrected chi connectivity index (χ4v) is 2.92. The fourth-order valence-electron chi connectivity index (χ4n) is 2.92. The van der Waals surface area contributed by atoms with Crippen LogP contribution in [0.4, 0.5) is 0 Å². The maximum absolute atomic E-state index is 12.4. The Labute approximate surface area is 116 Å². The van der Waals surface area contributed by atoms with Gasteiger partial charge in [-0.05, 0) is 19.3 Å². The number of aromatic nitrogens is 3. The summed E-state index contributed by atoms with van der Waals surface area (Å²) in [6.45, 7) is 2.19. The molecule has 1 fully saturated rings. The lowest BCUT2D eigenvalue weighted by Crippen LogP contribution is -2.33. The van der Waals surface area contributed by atoms with Crippen molar-refractivity contribution in [3.63, 3.8) is 0 Å². The number of amides is 1. The second kappa shape index (κ2) is 5.22. The predicted molar refractivity (Wildman–Crippen MR) is 69.0 cm³/mol. The van der Waals surface area contributed by atoms with Gasteiger partial charge in [-0.25, -0.2) is 0 Å². The first-order valence-corrected chi connectivity index (χ1v) is 7.00. The topological polar surface area (TPSA) is 77.3 Å². The first-order chi connectivity index (χ1) is 9.70. The zero-order chi connectivity index (χ0) is 14.1. The van der Waals surface area contributed by atoms with Gasteiger partial charge in [-0.3, -0.25) is 9.59 Å². The van der Waals surface area contributed by atoms with E-state index in [-0.39, 0.29) is 17.8 Å². The third-order valence-electron chi connectivity index (χ3n) is 4.08. The van der Waals surface area contributed by atoms with Crippen LogP contribution in [0.1, 0.15) is 35.7 Å². The molecule has 20 heavy (non-hydrogen) atoms. The highest BCUT2D eigenvalue weighted by Crippen LogP contribution is 2.22. The average Bonchev–Trinajstić information content (AvgIpc) is 3.14. The largest absolute Gasteiger partial charge is 0.469 e. The standard InChI is InChI=1S/C13H18N4O3/c1-20-13(19)9-4-7-17-10(8-9)14-15-11(17)12(18)16-5-2-3-6-16/h9H,2-8H2,1H3. The molecule has 0 radical (unpaired) electrons. The lowest BCUT2D eigenvalue weighted by molar-refractivity contribution is -0.146. The van der Waals surface area contributed by atoms with Gasteiger partial charge in [-0.1, -0.05) is 0 Å². The van der Waals surface area contributed by atoms with Gasteiger partial charge in [0.1, 0.15) is 5.82 Å². The van der Waals surface area contributed by atoms with E-state index >= 15 is 0 Å². The summed E-state index contributed by atoms with van der Waals surface area (Å²) in [6.07, 6.45) is 3.26. The molecule has 0 saturated carbocycles. The van der Waals surface area contributed by atoms with Gasteiger partial charge in [0.25, 0.3) is 5.91 Å². The van der Waals surface area contributed by atoms with E-state index < -0.39 is 0 Å². The third-order valence-corrected chi connectivity index (χ3v) is 4.08. The summed E-state index contributed by atoms with van der Waals surface area (Å²) in [5.41, 5.74) is 0. The van der Waals surface area contributed by atoms with E-state index in [1.54, 1.807) is 0 Å². The Kier molecular flexibility index (Phi) is 3.42. The van der Waals surface area contributed by atoms with Crippen molar-refractivity contribution < 1.29 is 14.3 Å². The lowest BCUT2D eigenvalue weighted by Gasteiger charge is -2.22. The molecule has 0 spiro atoms. The third kappa shape index (κ3) is 2.17. The number of ether oxygens (including phenoxy) is 1. The van der Waals surface area contributed by atoms with Crippen molar-refractivity contribution in [2.45, 2.75) is 32.2 Å². The highest BCUT2D eigenvalue weighted by Gasteiger charge is 2.32. The van der Waals surface area contributed by atoms with Crippen molar-refractivity contribution >= 4 is 11.9 Å². The SMILES string of the molecule is COC(=O)C1CCn2c(nnc2C(=O)N2CCCC2)C1. The van der Waals surface area contributed by atoms with E-state index in [2.05, 4.69) is 10.2 Å². The van der Waals surface area contributed by atoms with Crippen LogP contribution in [0.15, 0.2) is 0 Å². The van der Waals surface area contributed by atoms with Crippen LogP contribution < -0.4 is 0 Å². The molecule has 2 aliphatic heterocycles. The Bertz CT molecular complexity index is 534. The zero-order valence-corrected chi connectivity index (χ0v) is 11.5. The van der Waals surface area contributed by atoms with E-state index in [9.17, 15) is 9.59 Å². The molecule has 1 amide bonds. The van der Waals surface area contributed by atoms with Crippen LogP contribution in [0.5, 0.6) is 0 Å². The van der Waals surface area contributed by atoms with Crippen LogP contribution in [0.25, 0.3) is 0 Å². The number of nitrogens with zero attached hydrogens (tertiary/aromatic N) is 4. The van der Waals surface area contributed by atoms with Crippen molar-refractivity contribution in [1.82, 2.24) is 19.7 Å². The second-order valence-corrected chi connectivity index (χ2v) is 5.30. The van der Waals surface area contributed by atoms with Crippen molar-refractivity contribution in [2.75, 3.05) is 20.2 Å². The lowest BCUT2D eigenvalue weighted by atomic mass is 9.98. The summed E-state index contributed by atoms with van der Waals surface area (Å²) < 4.78 is 6.62. The van der Waals surface area contributed by atoms with Crippen molar-refractivity contribution in [3.8, 4) is 0 Å². The minimum absolute atomic E-state index is 0.0437.